The van der Waals surface area contributed by atoms with E-state index >= 15 is 0 Å². The monoisotopic (exact) mass is 192 g/mol. The third-order valence-corrected chi connectivity index (χ3v) is 2.28. The van der Waals surface area contributed by atoms with Crippen LogP contribution in [0, 0.1) is 0 Å². The lowest BCUT2D eigenvalue weighted by Crippen LogP contribution is -2.23. The molecule has 1 aromatic rings. The highest BCUT2D eigenvalue weighted by molar-refractivity contribution is 5.68. The van der Waals surface area contributed by atoms with Crippen molar-refractivity contribution in [2.45, 2.75) is 13.0 Å². The van der Waals surface area contributed by atoms with E-state index in [1.54, 1.807) is 6.07 Å². The Morgan fingerprint density at radius 3 is 3.07 bits per heavy atom. The highest BCUT2D eigenvalue weighted by Gasteiger charge is 2.09. The summed E-state index contributed by atoms with van der Waals surface area (Å²) in [5.74, 6) is 0.526. The minimum atomic E-state index is -0.765. The summed E-state index contributed by atoms with van der Waals surface area (Å²) in [6, 6.07) is 5.59. The van der Waals surface area contributed by atoms with Gasteiger partial charge in [-0.1, -0.05) is 6.07 Å². The minimum Gasteiger partial charge on any atom is -0.410 e. The van der Waals surface area contributed by atoms with Crippen molar-refractivity contribution in [1.82, 2.24) is 5.32 Å². The van der Waals surface area contributed by atoms with Gasteiger partial charge in [-0.05, 0) is 36.2 Å². The van der Waals surface area contributed by atoms with Crippen LogP contribution < -0.4 is 15.8 Å². The number of benzene rings is 1. The number of hydrogen-bond acceptors (Lipinski definition) is 3. The van der Waals surface area contributed by atoms with Crippen LogP contribution in [-0.4, -0.2) is 12.6 Å². The molecule has 0 radical (unpaired) electrons. The predicted octanol–water partition coefficient (Wildman–Crippen LogP) is 0.790. The van der Waals surface area contributed by atoms with Gasteiger partial charge in [0, 0.05) is 6.54 Å². The molecular weight excluding hydrogens is 180 g/mol. The summed E-state index contributed by atoms with van der Waals surface area (Å²) in [5.41, 5.74) is 7.41. The van der Waals surface area contributed by atoms with Crippen LogP contribution in [0.25, 0.3) is 0 Å². The van der Waals surface area contributed by atoms with Crippen LogP contribution in [0.4, 0.5) is 4.79 Å². The van der Waals surface area contributed by atoms with Gasteiger partial charge in [-0.15, -0.1) is 0 Å². The van der Waals surface area contributed by atoms with Crippen molar-refractivity contribution >= 4 is 6.09 Å². The maximum absolute atomic E-state index is 10.5. The van der Waals surface area contributed by atoms with Gasteiger partial charge in [-0.2, -0.15) is 0 Å². The molecule has 3 N–H and O–H groups in total. The molecule has 0 bridgehead atoms. The summed E-state index contributed by atoms with van der Waals surface area (Å²) in [6.07, 6.45) is 0.199. The number of primary amides is 1. The van der Waals surface area contributed by atoms with Gasteiger partial charge in [0.05, 0.1) is 0 Å². The molecule has 14 heavy (non-hydrogen) atoms. The van der Waals surface area contributed by atoms with Crippen LogP contribution in [0.15, 0.2) is 18.2 Å². The fraction of sp³-hybridized carbons (Fsp3) is 0.300. The van der Waals surface area contributed by atoms with E-state index in [9.17, 15) is 4.79 Å². The molecular formula is C10H12N2O2. The van der Waals surface area contributed by atoms with Crippen LogP contribution in [-0.2, 0) is 13.0 Å². The van der Waals surface area contributed by atoms with Crippen molar-refractivity contribution in [3.05, 3.63) is 29.3 Å². The fourth-order valence-corrected chi connectivity index (χ4v) is 1.63. The van der Waals surface area contributed by atoms with Gasteiger partial charge < -0.3 is 15.8 Å². The average molecular weight is 192 g/mol. The molecule has 1 aliphatic heterocycles. The molecule has 2 rings (SSSR count). The maximum Gasteiger partial charge on any atom is 0.409 e. The number of nitrogens with two attached hydrogens (primary N) is 1. The second-order valence-electron chi connectivity index (χ2n) is 3.28. The van der Waals surface area contributed by atoms with Gasteiger partial charge in [-0.3, -0.25) is 0 Å². The van der Waals surface area contributed by atoms with Gasteiger partial charge in [0.2, 0.25) is 0 Å². The summed E-state index contributed by atoms with van der Waals surface area (Å²) in [6.45, 7) is 1.85. The SMILES string of the molecule is NC(=O)Oc1ccc2c(c1)CCNC2. The molecule has 1 aromatic carbocycles. The number of carbonyl (C=O) groups is 1. The Bertz CT molecular complexity index is 363. The first-order valence-electron chi connectivity index (χ1n) is 4.55. The second kappa shape index (κ2) is 3.67. The Kier molecular flexibility index (Phi) is 2.37. The molecule has 0 unspecified atom stereocenters. The Labute approximate surface area is 82.1 Å². The van der Waals surface area contributed by atoms with E-state index in [0.29, 0.717) is 5.75 Å². The van der Waals surface area contributed by atoms with Crippen LogP contribution in [0.5, 0.6) is 5.75 Å². The first kappa shape index (κ1) is 9.02. The zero-order valence-electron chi connectivity index (χ0n) is 7.75. The normalized spacial score (nSPS) is 14.6. The number of fused-ring (bicyclic) bond motifs is 1. The van der Waals surface area contributed by atoms with E-state index in [1.807, 2.05) is 12.1 Å². The number of carbonyl (C=O) groups excluding carboxylic acids is 1. The van der Waals surface area contributed by atoms with E-state index < -0.39 is 6.09 Å². The molecule has 0 saturated heterocycles. The van der Waals surface area contributed by atoms with E-state index in [0.717, 1.165) is 19.5 Å². The van der Waals surface area contributed by atoms with E-state index in [4.69, 9.17) is 10.5 Å². The predicted molar refractivity (Wildman–Crippen MR) is 52.1 cm³/mol. The first-order valence-corrected chi connectivity index (χ1v) is 4.55. The van der Waals surface area contributed by atoms with Crippen molar-refractivity contribution in [2.75, 3.05) is 6.54 Å². The summed E-state index contributed by atoms with van der Waals surface area (Å²) in [7, 11) is 0. The quantitative estimate of drug-likeness (QED) is 0.691. The van der Waals surface area contributed by atoms with Crippen LogP contribution in [0.3, 0.4) is 0 Å². The number of amides is 1. The van der Waals surface area contributed by atoms with Crippen molar-refractivity contribution in [2.24, 2.45) is 5.73 Å². The fourth-order valence-electron chi connectivity index (χ4n) is 1.63. The largest absolute Gasteiger partial charge is 0.410 e. The molecule has 74 valence electrons. The Balaban J connectivity index is 2.24. The zero-order chi connectivity index (χ0) is 9.97. The van der Waals surface area contributed by atoms with E-state index in [1.165, 1.54) is 11.1 Å². The van der Waals surface area contributed by atoms with Crippen molar-refractivity contribution in [1.29, 1.82) is 0 Å². The molecule has 4 heteroatoms. The number of rotatable bonds is 1. The number of nitrogens with one attached hydrogen (secondary N) is 1. The molecule has 1 heterocycles. The maximum atomic E-state index is 10.5. The van der Waals surface area contributed by atoms with E-state index in [-0.39, 0.29) is 0 Å². The molecule has 0 aromatic heterocycles. The molecule has 1 amide bonds. The lowest BCUT2D eigenvalue weighted by molar-refractivity contribution is 0.211. The molecule has 0 fully saturated rings. The van der Waals surface area contributed by atoms with Gasteiger partial charge in [-0.25, -0.2) is 4.79 Å². The van der Waals surface area contributed by atoms with Gasteiger partial charge in [0.1, 0.15) is 5.75 Å². The topological polar surface area (TPSA) is 64.4 Å². The smallest absolute Gasteiger partial charge is 0.409 e. The van der Waals surface area contributed by atoms with Crippen molar-refractivity contribution in [3.8, 4) is 5.75 Å². The molecule has 1 aliphatic rings. The number of hydrogen-bond donors (Lipinski definition) is 2. The zero-order valence-corrected chi connectivity index (χ0v) is 7.75. The summed E-state index contributed by atoms with van der Waals surface area (Å²) in [5, 5.41) is 3.27. The standard InChI is InChI=1S/C10H12N2O2/c11-10(13)14-9-2-1-8-6-12-4-3-7(8)5-9/h1-2,5,12H,3-4,6H2,(H2,11,13). The summed E-state index contributed by atoms with van der Waals surface area (Å²) in [4.78, 5) is 10.5. The lowest BCUT2D eigenvalue weighted by atomic mass is 10.0. The molecule has 0 aliphatic carbocycles. The van der Waals surface area contributed by atoms with Gasteiger partial charge >= 0.3 is 6.09 Å². The average Bonchev–Trinajstić information content (AvgIpc) is 2.17. The van der Waals surface area contributed by atoms with Gasteiger partial charge in [0.15, 0.2) is 0 Å². The van der Waals surface area contributed by atoms with Gasteiger partial charge in [0.25, 0.3) is 0 Å². The van der Waals surface area contributed by atoms with Crippen LogP contribution in [0.1, 0.15) is 11.1 Å². The Hall–Kier alpha value is -1.55. The highest BCUT2D eigenvalue weighted by atomic mass is 16.5. The van der Waals surface area contributed by atoms with Crippen LogP contribution in [0.2, 0.25) is 0 Å². The summed E-state index contributed by atoms with van der Waals surface area (Å²) >= 11 is 0. The van der Waals surface area contributed by atoms with Crippen molar-refractivity contribution < 1.29 is 9.53 Å². The Morgan fingerprint density at radius 2 is 2.29 bits per heavy atom. The molecule has 4 nitrogen and oxygen atoms in total. The Morgan fingerprint density at radius 1 is 1.43 bits per heavy atom. The van der Waals surface area contributed by atoms with Crippen molar-refractivity contribution in [3.63, 3.8) is 0 Å². The van der Waals surface area contributed by atoms with E-state index in [2.05, 4.69) is 5.32 Å². The number of ether oxygens (including phenoxy) is 1. The molecule has 0 spiro atoms. The summed E-state index contributed by atoms with van der Waals surface area (Å²) < 4.78 is 4.80. The third-order valence-electron chi connectivity index (χ3n) is 2.28. The molecule has 0 saturated carbocycles. The van der Waals surface area contributed by atoms with Crippen LogP contribution >= 0.6 is 0 Å². The minimum absolute atomic E-state index is 0.526. The lowest BCUT2D eigenvalue weighted by Gasteiger charge is -2.17. The third kappa shape index (κ3) is 1.85. The highest BCUT2D eigenvalue weighted by Crippen LogP contribution is 2.20. The second-order valence-corrected chi connectivity index (χ2v) is 3.28. The molecule has 0 atom stereocenters. The first-order chi connectivity index (χ1) is 6.75.